The van der Waals surface area contributed by atoms with E-state index in [1.54, 1.807) is 13.1 Å². The molecule has 1 aromatic carbocycles. The molecule has 2 aliphatic heterocycles. The fourth-order valence-corrected chi connectivity index (χ4v) is 5.82. The molecule has 6 rings (SSSR count). The summed E-state index contributed by atoms with van der Waals surface area (Å²) < 4.78 is 2.32. The highest BCUT2D eigenvalue weighted by Gasteiger charge is 2.59. The van der Waals surface area contributed by atoms with Crippen LogP contribution in [0.2, 0.25) is 5.02 Å². The summed E-state index contributed by atoms with van der Waals surface area (Å²) in [6.07, 6.45) is 5.47. The van der Waals surface area contributed by atoms with Gasteiger partial charge in [0.25, 0.3) is 0 Å². The van der Waals surface area contributed by atoms with E-state index in [2.05, 4.69) is 26.6 Å². The van der Waals surface area contributed by atoms with Crippen LogP contribution in [0.4, 0.5) is 5.69 Å². The van der Waals surface area contributed by atoms with Crippen molar-refractivity contribution in [2.24, 2.45) is 0 Å². The average Bonchev–Trinajstić information content (AvgIpc) is 3.53. The zero-order valence-corrected chi connectivity index (χ0v) is 20.1. The molecule has 1 spiro atoms. The van der Waals surface area contributed by atoms with Gasteiger partial charge in [0.1, 0.15) is 0 Å². The molecular formula is C26H28ClN5O2. The van der Waals surface area contributed by atoms with Crippen molar-refractivity contribution in [2.75, 3.05) is 37.6 Å². The second kappa shape index (κ2) is 8.10. The van der Waals surface area contributed by atoms with Crippen molar-refractivity contribution in [1.29, 1.82) is 0 Å². The average molecular weight is 478 g/mol. The van der Waals surface area contributed by atoms with Gasteiger partial charge in [0, 0.05) is 74.0 Å². The van der Waals surface area contributed by atoms with Crippen LogP contribution < -0.4 is 4.90 Å². The Morgan fingerprint density at radius 3 is 2.62 bits per heavy atom. The van der Waals surface area contributed by atoms with Gasteiger partial charge in [0.2, 0.25) is 11.8 Å². The van der Waals surface area contributed by atoms with Gasteiger partial charge >= 0.3 is 0 Å². The number of rotatable bonds is 5. The second-order valence-electron chi connectivity index (χ2n) is 9.70. The van der Waals surface area contributed by atoms with Crippen molar-refractivity contribution < 1.29 is 9.59 Å². The van der Waals surface area contributed by atoms with E-state index in [1.807, 2.05) is 34.2 Å². The molecule has 1 saturated heterocycles. The van der Waals surface area contributed by atoms with Crippen molar-refractivity contribution in [3.8, 4) is 0 Å². The lowest BCUT2D eigenvalue weighted by Crippen LogP contribution is -2.48. The normalized spacial score (nSPS) is 19.3. The summed E-state index contributed by atoms with van der Waals surface area (Å²) in [7, 11) is 0. The minimum absolute atomic E-state index is 0.147. The Labute approximate surface area is 203 Å². The lowest BCUT2D eigenvalue weighted by molar-refractivity contribution is -0.130. The van der Waals surface area contributed by atoms with E-state index in [4.69, 9.17) is 11.6 Å². The summed E-state index contributed by atoms with van der Waals surface area (Å²) >= 11 is 6.30. The highest BCUT2D eigenvalue weighted by Crippen LogP contribution is 2.57. The third kappa shape index (κ3) is 3.49. The number of piperazine rings is 1. The number of pyridine rings is 1. The van der Waals surface area contributed by atoms with E-state index >= 15 is 0 Å². The number of aromatic nitrogens is 2. The molecule has 0 unspecified atom stereocenters. The number of fused-ring (bicyclic) bond motifs is 3. The van der Waals surface area contributed by atoms with Crippen molar-refractivity contribution in [1.82, 2.24) is 19.4 Å². The molecule has 2 aromatic heterocycles. The Kier molecular flexibility index (Phi) is 5.15. The smallest absolute Gasteiger partial charge is 0.238 e. The third-order valence-electron chi connectivity index (χ3n) is 7.74. The Morgan fingerprint density at radius 1 is 1.09 bits per heavy atom. The van der Waals surface area contributed by atoms with Crippen LogP contribution in [0, 0.1) is 0 Å². The highest BCUT2D eigenvalue weighted by atomic mass is 35.5. The number of halogens is 1. The van der Waals surface area contributed by atoms with Gasteiger partial charge in [-0.2, -0.15) is 0 Å². The SMILES string of the molecule is CC(=O)N1CCN(CCn2c(CN3C(=O)C4(CC4)c4ccncc43)cc3cc(Cl)ccc32)CC1. The fourth-order valence-electron chi connectivity index (χ4n) is 5.64. The van der Waals surface area contributed by atoms with Gasteiger partial charge in [-0.3, -0.25) is 19.5 Å². The Hall–Kier alpha value is -2.90. The minimum atomic E-state index is -0.325. The summed E-state index contributed by atoms with van der Waals surface area (Å²) in [6, 6.07) is 10.2. The molecule has 3 aromatic rings. The number of hydrogen-bond donors (Lipinski definition) is 0. The van der Waals surface area contributed by atoms with Crippen molar-refractivity contribution in [3.63, 3.8) is 0 Å². The standard InChI is InChI=1S/C26H28ClN5O2/c1-18(33)30-11-8-29(9-12-30)10-13-31-21(15-19-14-20(27)2-3-23(19)31)17-32-24-16-28-7-4-22(24)26(5-6-26)25(32)34/h2-4,7,14-16H,5-6,8-13,17H2,1H3. The molecule has 34 heavy (non-hydrogen) atoms. The van der Waals surface area contributed by atoms with E-state index in [0.717, 1.165) is 80.0 Å². The number of amides is 2. The van der Waals surface area contributed by atoms with Gasteiger partial charge in [-0.15, -0.1) is 0 Å². The Balaban J connectivity index is 1.28. The fraction of sp³-hybridized carbons (Fsp3) is 0.423. The maximum absolute atomic E-state index is 13.4. The van der Waals surface area contributed by atoms with Crippen LogP contribution in [-0.4, -0.2) is 63.9 Å². The van der Waals surface area contributed by atoms with E-state index in [0.29, 0.717) is 11.6 Å². The number of benzene rings is 1. The van der Waals surface area contributed by atoms with E-state index in [9.17, 15) is 9.59 Å². The summed E-state index contributed by atoms with van der Waals surface area (Å²) in [4.78, 5) is 35.7. The summed E-state index contributed by atoms with van der Waals surface area (Å²) in [5, 5.41) is 1.79. The van der Waals surface area contributed by atoms with Gasteiger partial charge < -0.3 is 14.4 Å². The number of carbonyl (C=O) groups is 2. The van der Waals surface area contributed by atoms with Crippen LogP contribution in [0.15, 0.2) is 42.7 Å². The largest absolute Gasteiger partial charge is 0.342 e. The first kappa shape index (κ1) is 21.6. The molecule has 3 aliphatic rings. The molecule has 0 radical (unpaired) electrons. The van der Waals surface area contributed by atoms with Gasteiger partial charge in [0.15, 0.2) is 0 Å². The molecule has 176 valence electrons. The zero-order valence-electron chi connectivity index (χ0n) is 19.3. The quantitative estimate of drug-likeness (QED) is 0.565. The molecule has 2 fully saturated rings. The zero-order chi connectivity index (χ0) is 23.4. The van der Waals surface area contributed by atoms with Crippen LogP contribution in [0.25, 0.3) is 10.9 Å². The predicted molar refractivity (Wildman–Crippen MR) is 132 cm³/mol. The summed E-state index contributed by atoms with van der Waals surface area (Å²) in [5.41, 5.74) is 3.97. The first-order valence-corrected chi connectivity index (χ1v) is 12.4. The number of hydrogen-bond acceptors (Lipinski definition) is 4. The minimum Gasteiger partial charge on any atom is -0.342 e. The molecule has 4 heterocycles. The van der Waals surface area contributed by atoms with Gasteiger partial charge in [0.05, 0.1) is 23.8 Å². The number of anilines is 1. The van der Waals surface area contributed by atoms with E-state index in [-0.39, 0.29) is 17.2 Å². The predicted octanol–water partition coefficient (Wildman–Crippen LogP) is 3.43. The maximum Gasteiger partial charge on any atom is 0.238 e. The van der Waals surface area contributed by atoms with E-state index in [1.165, 1.54) is 0 Å². The highest BCUT2D eigenvalue weighted by molar-refractivity contribution is 6.31. The van der Waals surface area contributed by atoms with Gasteiger partial charge in [-0.05, 0) is 48.7 Å². The molecule has 0 atom stereocenters. The number of nitrogens with zero attached hydrogens (tertiary/aromatic N) is 5. The lowest BCUT2D eigenvalue weighted by Gasteiger charge is -2.34. The van der Waals surface area contributed by atoms with Crippen LogP contribution in [0.1, 0.15) is 31.0 Å². The van der Waals surface area contributed by atoms with Crippen LogP contribution in [-0.2, 0) is 28.1 Å². The van der Waals surface area contributed by atoms with Gasteiger partial charge in [-0.25, -0.2) is 0 Å². The summed E-state index contributed by atoms with van der Waals surface area (Å²) in [5.74, 6) is 0.347. The Bertz CT molecular complexity index is 1290. The van der Waals surface area contributed by atoms with Gasteiger partial charge in [-0.1, -0.05) is 11.6 Å². The number of carbonyl (C=O) groups excluding carboxylic acids is 2. The molecule has 2 amide bonds. The maximum atomic E-state index is 13.4. The third-order valence-corrected chi connectivity index (χ3v) is 7.97. The molecule has 8 heteroatoms. The molecule has 1 saturated carbocycles. The van der Waals surface area contributed by atoms with Crippen LogP contribution in [0.5, 0.6) is 0 Å². The topological polar surface area (TPSA) is 61.7 Å². The van der Waals surface area contributed by atoms with Crippen LogP contribution >= 0.6 is 11.6 Å². The monoisotopic (exact) mass is 477 g/mol. The molecule has 0 N–H and O–H groups in total. The first-order chi connectivity index (χ1) is 16.5. The first-order valence-electron chi connectivity index (χ1n) is 12.0. The molecule has 1 aliphatic carbocycles. The molecule has 0 bridgehead atoms. The summed E-state index contributed by atoms with van der Waals surface area (Å²) in [6.45, 7) is 7.17. The van der Waals surface area contributed by atoms with Crippen molar-refractivity contribution >= 4 is 40.0 Å². The van der Waals surface area contributed by atoms with Crippen LogP contribution in [0.3, 0.4) is 0 Å². The second-order valence-corrected chi connectivity index (χ2v) is 10.1. The van der Waals surface area contributed by atoms with Crippen molar-refractivity contribution in [3.05, 3.63) is 59.0 Å². The molecule has 7 nitrogen and oxygen atoms in total. The molecular weight excluding hydrogens is 450 g/mol. The lowest BCUT2D eigenvalue weighted by atomic mass is 9.99. The Morgan fingerprint density at radius 2 is 1.88 bits per heavy atom. The van der Waals surface area contributed by atoms with E-state index < -0.39 is 0 Å². The van der Waals surface area contributed by atoms with Crippen molar-refractivity contribution in [2.45, 2.75) is 38.3 Å².